The number of rotatable bonds is 5. The summed E-state index contributed by atoms with van der Waals surface area (Å²) in [4.78, 5) is 10.5. The number of halogens is 1. The van der Waals surface area contributed by atoms with Crippen molar-refractivity contribution in [3.63, 3.8) is 0 Å². The van der Waals surface area contributed by atoms with E-state index in [0.29, 0.717) is 13.1 Å². The summed E-state index contributed by atoms with van der Waals surface area (Å²) in [5.74, 6) is -0.455. The fraction of sp³-hybridized carbons (Fsp3) is 0.360. The molecular weight excluding hydrogens is 455 g/mol. The van der Waals surface area contributed by atoms with Gasteiger partial charge in [-0.3, -0.25) is 4.90 Å². The first-order valence-corrected chi connectivity index (χ1v) is 12.9. The summed E-state index contributed by atoms with van der Waals surface area (Å²) in [6.07, 6.45) is 6.60. The molecular formula is C25H27FN4O3S. The Balaban J connectivity index is 1.42. The van der Waals surface area contributed by atoms with Crippen LogP contribution >= 0.6 is 0 Å². The summed E-state index contributed by atoms with van der Waals surface area (Å²) < 4.78 is 41.6. The maximum Gasteiger partial charge on any atom is 0.243 e. The Hall–Kier alpha value is -2.72. The van der Waals surface area contributed by atoms with Crippen LogP contribution in [0.5, 0.6) is 0 Å². The molecule has 9 heteroatoms. The highest BCUT2D eigenvalue weighted by Gasteiger charge is 2.50. The van der Waals surface area contributed by atoms with Crippen LogP contribution in [-0.4, -0.2) is 71.0 Å². The second-order valence-corrected chi connectivity index (χ2v) is 10.8. The molecule has 3 heterocycles. The van der Waals surface area contributed by atoms with E-state index in [1.165, 1.54) is 34.9 Å². The number of aliphatic hydroxyl groups is 1. The van der Waals surface area contributed by atoms with Gasteiger partial charge in [-0.25, -0.2) is 22.8 Å². The molecule has 34 heavy (non-hydrogen) atoms. The molecule has 1 aromatic heterocycles. The van der Waals surface area contributed by atoms with Crippen LogP contribution in [0.2, 0.25) is 0 Å². The lowest BCUT2D eigenvalue weighted by atomic mass is 9.74. The summed E-state index contributed by atoms with van der Waals surface area (Å²) in [5.41, 5.74) is 2.99. The number of hydrogen-bond acceptors (Lipinski definition) is 6. The van der Waals surface area contributed by atoms with Crippen LogP contribution in [0, 0.1) is 5.82 Å². The van der Waals surface area contributed by atoms with E-state index in [1.54, 1.807) is 12.4 Å². The molecule has 2 aromatic carbocycles. The number of fused-ring (bicyclic) bond motifs is 1. The molecule has 0 saturated carbocycles. The van der Waals surface area contributed by atoms with E-state index in [4.69, 9.17) is 0 Å². The van der Waals surface area contributed by atoms with Gasteiger partial charge in [0.05, 0.1) is 11.5 Å². The second kappa shape index (κ2) is 9.50. The fourth-order valence-electron chi connectivity index (χ4n) is 5.23. The number of hydrogen-bond donors (Lipinski definition) is 1. The van der Waals surface area contributed by atoms with E-state index in [-0.39, 0.29) is 29.5 Å². The average Bonchev–Trinajstić information content (AvgIpc) is 2.84. The van der Waals surface area contributed by atoms with Gasteiger partial charge >= 0.3 is 0 Å². The minimum Gasteiger partial charge on any atom is -0.395 e. The molecule has 178 valence electrons. The van der Waals surface area contributed by atoms with Crippen LogP contribution in [0.25, 0.3) is 11.1 Å². The van der Waals surface area contributed by atoms with E-state index in [2.05, 4.69) is 14.9 Å². The molecule has 3 aromatic rings. The minimum absolute atomic E-state index is 0.00934. The van der Waals surface area contributed by atoms with Crippen LogP contribution < -0.4 is 0 Å². The quantitative estimate of drug-likeness (QED) is 0.602. The van der Waals surface area contributed by atoms with E-state index < -0.39 is 15.8 Å². The van der Waals surface area contributed by atoms with Crippen molar-refractivity contribution in [2.24, 2.45) is 0 Å². The van der Waals surface area contributed by atoms with Crippen molar-refractivity contribution in [2.75, 3.05) is 26.2 Å². The van der Waals surface area contributed by atoms with Crippen LogP contribution in [0.1, 0.15) is 24.3 Å². The standard InChI is InChI=1S/C25H27FN4O3S/c26-21-7-9-22(10-8-21)34(32,33)29-11-1-2-12-30-23(15-29)25(24(30)16-31)19-5-3-18(4-6-19)20-13-27-17-28-14-20/h3-10,13-14,17,23-25,31H,1-2,11-12,15-16H2/t23-,24+,25-/m1/s1. The van der Waals surface area contributed by atoms with Crippen molar-refractivity contribution < 1.29 is 17.9 Å². The van der Waals surface area contributed by atoms with Crippen molar-refractivity contribution in [2.45, 2.75) is 35.7 Å². The summed E-state index contributed by atoms with van der Waals surface area (Å²) in [7, 11) is -3.75. The molecule has 2 saturated heterocycles. The highest BCUT2D eigenvalue weighted by Crippen LogP contribution is 2.43. The Morgan fingerprint density at radius 1 is 0.941 bits per heavy atom. The fourth-order valence-corrected chi connectivity index (χ4v) is 6.73. The van der Waals surface area contributed by atoms with E-state index in [9.17, 15) is 17.9 Å². The van der Waals surface area contributed by atoms with Gasteiger partial charge in [-0.1, -0.05) is 24.3 Å². The van der Waals surface area contributed by atoms with Gasteiger partial charge in [0.1, 0.15) is 12.1 Å². The van der Waals surface area contributed by atoms with Crippen molar-refractivity contribution in [1.29, 1.82) is 0 Å². The van der Waals surface area contributed by atoms with Crippen LogP contribution in [-0.2, 0) is 10.0 Å². The molecule has 1 N–H and O–H groups in total. The molecule has 7 nitrogen and oxygen atoms in total. The summed E-state index contributed by atoms with van der Waals surface area (Å²) >= 11 is 0. The first kappa shape index (κ1) is 23.0. The van der Waals surface area contributed by atoms with Gasteiger partial charge in [-0.2, -0.15) is 4.31 Å². The van der Waals surface area contributed by atoms with Crippen molar-refractivity contribution >= 4 is 10.0 Å². The zero-order valence-corrected chi connectivity index (χ0v) is 19.5. The first-order chi connectivity index (χ1) is 16.5. The van der Waals surface area contributed by atoms with Crippen molar-refractivity contribution in [3.8, 4) is 11.1 Å². The van der Waals surface area contributed by atoms with Crippen LogP contribution in [0.4, 0.5) is 4.39 Å². The molecule has 0 spiro atoms. The van der Waals surface area contributed by atoms with E-state index in [1.807, 2.05) is 24.3 Å². The SMILES string of the molecule is O=S(=O)(c1ccc(F)cc1)N1CCCCN2[C@H](C1)[C@@H](c1ccc(-c3cncnc3)cc1)[C@@H]2CO. The first-order valence-electron chi connectivity index (χ1n) is 11.5. The Bertz CT molecular complexity index is 1220. The van der Waals surface area contributed by atoms with Crippen molar-refractivity contribution in [3.05, 3.63) is 78.6 Å². The normalized spacial score (nSPS) is 24.0. The number of aromatic nitrogens is 2. The zero-order chi connectivity index (χ0) is 23.7. The predicted octanol–water partition coefficient (Wildman–Crippen LogP) is 2.90. The number of benzene rings is 2. The molecule has 0 unspecified atom stereocenters. The Labute approximate surface area is 198 Å². The monoisotopic (exact) mass is 482 g/mol. The molecule has 3 atom stereocenters. The molecule has 0 radical (unpaired) electrons. The third-order valence-corrected chi connectivity index (χ3v) is 8.85. The topological polar surface area (TPSA) is 86.6 Å². The molecule has 2 aliphatic rings. The van der Waals surface area contributed by atoms with E-state index >= 15 is 0 Å². The average molecular weight is 483 g/mol. The summed E-state index contributed by atoms with van der Waals surface area (Å²) in [6, 6.07) is 13.0. The van der Waals surface area contributed by atoms with Gasteiger partial charge in [0.25, 0.3) is 0 Å². The molecule has 0 aliphatic carbocycles. The Kier molecular flexibility index (Phi) is 6.44. The van der Waals surface area contributed by atoms with Gasteiger partial charge in [-0.05, 0) is 54.8 Å². The van der Waals surface area contributed by atoms with Gasteiger partial charge in [0.15, 0.2) is 0 Å². The lowest BCUT2D eigenvalue weighted by molar-refractivity contribution is -0.0553. The molecule has 0 bridgehead atoms. The minimum atomic E-state index is -3.75. The van der Waals surface area contributed by atoms with Gasteiger partial charge in [0.2, 0.25) is 10.0 Å². The van der Waals surface area contributed by atoms with E-state index in [0.717, 1.165) is 36.1 Å². The van der Waals surface area contributed by atoms with Crippen LogP contribution in [0.3, 0.4) is 0 Å². The third-order valence-electron chi connectivity index (χ3n) is 6.97. The highest BCUT2D eigenvalue weighted by atomic mass is 32.2. The Morgan fingerprint density at radius 3 is 2.29 bits per heavy atom. The zero-order valence-electron chi connectivity index (χ0n) is 18.7. The lowest BCUT2D eigenvalue weighted by Gasteiger charge is -2.57. The molecule has 0 amide bonds. The molecule has 5 rings (SSSR count). The lowest BCUT2D eigenvalue weighted by Crippen LogP contribution is -2.67. The van der Waals surface area contributed by atoms with Crippen molar-refractivity contribution in [1.82, 2.24) is 19.2 Å². The predicted molar refractivity (Wildman–Crippen MR) is 126 cm³/mol. The number of aliphatic hydroxyl groups excluding tert-OH is 1. The number of sulfonamides is 1. The maximum atomic E-state index is 13.4. The summed E-state index contributed by atoms with van der Waals surface area (Å²) in [5, 5.41) is 10.2. The Morgan fingerprint density at radius 2 is 1.62 bits per heavy atom. The number of nitrogens with zero attached hydrogens (tertiary/aromatic N) is 4. The molecule has 2 fully saturated rings. The largest absolute Gasteiger partial charge is 0.395 e. The third kappa shape index (κ3) is 4.24. The highest BCUT2D eigenvalue weighted by molar-refractivity contribution is 7.89. The smallest absolute Gasteiger partial charge is 0.243 e. The van der Waals surface area contributed by atoms with Gasteiger partial charge in [0, 0.05) is 49.0 Å². The maximum absolute atomic E-state index is 13.4. The second-order valence-electron chi connectivity index (χ2n) is 8.85. The molecule has 2 aliphatic heterocycles. The van der Waals surface area contributed by atoms with Gasteiger partial charge in [-0.15, -0.1) is 0 Å². The van der Waals surface area contributed by atoms with Gasteiger partial charge < -0.3 is 5.11 Å². The van der Waals surface area contributed by atoms with Crippen LogP contribution in [0.15, 0.2) is 72.1 Å². The summed E-state index contributed by atoms with van der Waals surface area (Å²) in [6.45, 7) is 1.60.